The van der Waals surface area contributed by atoms with Crippen LogP contribution in [0.3, 0.4) is 0 Å². The van der Waals surface area contributed by atoms with E-state index in [1.807, 2.05) is 13.2 Å². The second-order valence-corrected chi connectivity index (χ2v) is 6.26. The van der Waals surface area contributed by atoms with E-state index in [0.717, 1.165) is 5.75 Å². The van der Waals surface area contributed by atoms with Gasteiger partial charge >= 0.3 is 0 Å². The minimum Gasteiger partial charge on any atom is -0.388 e. The fraction of sp³-hybridized carbons (Fsp3) is 0.600. The molecule has 2 atom stereocenters. The quantitative estimate of drug-likeness (QED) is 0.831. The molecule has 0 heterocycles. The van der Waals surface area contributed by atoms with Crippen molar-refractivity contribution in [2.24, 2.45) is 0 Å². The minimum absolute atomic E-state index is 0.263. The summed E-state index contributed by atoms with van der Waals surface area (Å²) in [7, 11) is 0. The summed E-state index contributed by atoms with van der Waals surface area (Å²) in [4.78, 5) is 0. The molecule has 0 aromatic heterocycles. The number of aliphatic hydroxyl groups is 1. The molecule has 0 aliphatic heterocycles. The predicted molar refractivity (Wildman–Crippen MR) is 81.3 cm³/mol. The number of rotatable bonds is 6. The molecule has 0 bridgehead atoms. The second-order valence-electron chi connectivity index (χ2n) is 5.39. The first-order valence-electron chi connectivity index (χ1n) is 6.37. The standard InChI is InChI=1S/C15H25NOS/c1-11-6-7-14(12(2)8-11)13(3)16-9-15(4,17)10-18-5/h6-8,13,16-17H,9-10H2,1-5H3. The topological polar surface area (TPSA) is 32.3 Å². The maximum atomic E-state index is 10.1. The van der Waals surface area contributed by atoms with Crippen LogP contribution in [0.4, 0.5) is 0 Å². The smallest absolute Gasteiger partial charge is 0.0833 e. The van der Waals surface area contributed by atoms with Crippen LogP contribution in [-0.2, 0) is 0 Å². The molecule has 3 heteroatoms. The highest BCUT2D eigenvalue weighted by molar-refractivity contribution is 7.98. The Morgan fingerprint density at radius 3 is 2.61 bits per heavy atom. The molecule has 0 saturated carbocycles. The van der Waals surface area contributed by atoms with Crippen LogP contribution < -0.4 is 5.32 Å². The molecule has 102 valence electrons. The van der Waals surface area contributed by atoms with Crippen molar-refractivity contribution in [1.82, 2.24) is 5.32 Å². The summed E-state index contributed by atoms with van der Waals surface area (Å²) in [6.45, 7) is 8.89. The average Bonchev–Trinajstić information content (AvgIpc) is 2.26. The zero-order valence-corrected chi connectivity index (χ0v) is 12.9. The summed E-state index contributed by atoms with van der Waals surface area (Å²) >= 11 is 1.67. The maximum Gasteiger partial charge on any atom is 0.0833 e. The lowest BCUT2D eigenvalue weighted by Gasteiger charge is -2.26. The van der Waals surface area contributed by atoms with Crippen LogP contribution in [0.1, 0.15) is 36.6 Å². The van der Waals surface area contributed by atoms with Crippen LogP contribution in [0, 0.1) is 13.8 Å². The average molecular weight is 267 g/mol. The van der Waals surface area contributed by atoms with Crippen molar-refractivity contribution in [3.05, 3.63) is 34.9 Å². The molecule has 0 radical (unpaired) electrons. The molecule has 1 rings (SSSR count). The van der Waals surface area contributed by atoms with E-state index in [4.69, 9.17) is 0 Å². The Morgan fingerprint density at radius 1 is 1.39 bits per heavy atom. The highest BCUT2D eigenvalue weighted by Gasteiger charge is 2.20. The van der Waals surface area contributed by atoms with Gasteiger partial charge in [-0.25, -0.2) is 0 Å². The van der Waals surface area contributed by atoms with E-state index in [9.17, 15) is 5.11 Å². The van der Waals surface area contributed by atoms with Gasteiger partial charge in [-0.1, -0.05) is 23.8 Å². The van der Waals surface area contributed by atoms with Gasteiger partial charge in [-0.15, -0.1) is 0 Å². The number of aryl methyl sites for hydroxylation is 2. The van der Waals surface area contributed by atoms with Crippen molar-refractivity contribution >= 4 is 11.8 Å². The van der Waals surface area contributed by atoms with E-state index in [1.54, 1.807) is 11.8 Å². The number of hydrogen-bond acceptors (Lipinski definition) is 3. The molecule has 0 fully saturated rings. The fourth-order valence-corrected chi connectivity index (χ4v) is 2.88. The zero-order chi connectivity index (χ0) is 13.8. The Kier molecular flexibility index (Phi) is 5.70. The van der Waals surface area contributed by atoms with Crippen molar-refractivity contribution in [2.45, 2.75) is 39.3 Å². The Bertz CT molecular complexity index is 390. The normalized spacial score (nSPS) is 16.3. The molecule has 2 nitrogen and oxygen atoms in total. The molecule has 0 aliphatic carbocycles. The molecule has 18 heavy (non-hydrogen) atoms. The van der Waals surface area contributed by atoms with Crippen LogP contribution in [0.15, 0.2) is 18.2 Å². The number of hydrogen-bond donors (Lipinski definition) is 2. The highest BCUT2D eigenvalue weighted by Crippen LogP contribution is 2.19. The van der Waals surface area contributed by atoms with Gasteiger partial charge in [0.25, 0.3) is 0 Å². The van der Waals surface area contributed by atoms with Crippen LogP contribution in [0.5, 0.6) is 0 Å². The first-order valence-corrected chi connectivity index (χ1v) is 7.77. The van der Waals surface area contributed by atoms with Gasteiger partial charge in [-0.3, -0.25) is 0 Å². The van der Waals surface area contributed by atoms with E-state index in [1.165, 1.54) is 16.7 Å². The maximum absolute atomic E-state index is 10.1. The Hall–Kier alpha value is -0.510. The van der Waals surface area contributed by atoms with Gasteiger partial charge in [0.2, 0.25) is 0 Å². The van der Waals surface area contributed by atoms with E-state index >= 15 is 0 Å². The zero-order valence-electron chi connectivity index (χ0n) is 12.1. The summed E-state index contributed by atoms with van der Waals surface area (Å²) < 4.78 is 0. The number of benzene rings is 1. The second kappa shape index (κ2) is 6.60. The largest absolute Gasteiger partial charge is 0.388 e. The minimum atomic E-state index is -0.647. The molecule has 1 aromatic rings. The van der Waals surface area contributed by atoms with Gasteiger partial charge in [0.05, 0.1) is 5.60 Å². The van der Waals surface area contributed by atoms with Crippen LogP contribution in [0.2, 0.25) is 0 Å². The molecule has 0 saturated heterocycles. The van der Waals surface area contributed by atoms with Gasteiger partial charge in [-0.05, 0) is 45.1 Å². The summed E-state index contributed by atoms with van der Waals surface area (Å²) in [6, 6.07) is 6.78. The van der Waals surface area contributed by atoms with Gasteiger partial charge in [0, 0.05) is 18.3 Å². The van der Waals surface area contributed by atoms with E-state index in [-0.39, 0.29) is 6.04 Å². The van der Waals surface area contributed by atoms with Gasteiger partial charge < -0.3 is 10.4 Å². The summed E-state index contributed by atoms with van der Waals surface area (Å²) in [5.41, 5.74) is 3.25. The van der Waals surface area contributed by atoms with Crippen molar-refractivity contribution in [3.63, 3.8) is 0 Å². The van der Waals surface area contributed by atoms with E-state index < -0.39 is 5.60 Å². The molecule has 2 N–H and O–H groups in total. The SMILES string of the molecule is CSCC(C)(O)CNC(C)c1ccc(C)cc1C. The number of thioether (sulfide) groups is 1. The highest BCUT2D eigenvalue weighted by atomic mass is 32.2. The van der Waals surface area contributed by atoms with Crippen LogP contribution in [-0.4, -0.2) is 29.3 Å². The molecule has 2 unspecified atom stereocenters. The fourth-order valence-electron chi connectivity index (χ4n) is 2.16. The molecule has 0 amide bonds. The lowest BCUT2D eigenvalue weighted by atomic mass is 9.99. The third-order valence-electron chi connectivity index (χ3n) is 3.14. The van der Waals surface area contributed by atoms with Crippen molar-refractivity contribution in [3.8, 4) is 0 Å². The van der Waals surface area contributed by atoms with Gasteiger partial charge in [0.1, 0.15) is 0 Å². The Labute approximate surface area is 115 Å². The van der Waals surface area contributed by atoms with E-state index in [2.05, 4.69) is 44.3 Å². The summed E-state index contributed by atoms with van der Waals surface area (Å²) in [6.07, 6.45) is 2.02. The third kappa shape index (κ3) is 4.63. The third-order valence-corrected chi connectivity index (χ3v) is 4.05. The Balaban J connectivity index is 2.63. The van der Waals surface area contributed by atoms with Crippen molar-refractivity contribution in [2.75, 3.05) is 18.6 Å². The summed E-state index contributed by atoms with van der Waals surface area (Å²) in [5.74, 6) is 0.750. The van der Waals surface area contributed by atoms with Crippen LogP contribution in [0.25, 0.3) is 0 Å². The van der Waals surface area contributed by atoms with Crippen LogP contribution >= 0.6 is 11.8 Å². The van der Waals surface area contributed by atoms with Crippen molar-refractivity contribution < 1.29 is 5.11 Å². The molecule has 0 spiro atoms. The van der Waals surface area contributed by atoms with Crippen molar-refractivity contribution in [1.29, 1.82) is 0 Å². The molecular weight excluding hydrogens is 242 g/mol. The van der Waals surface area contributed by atoms with Gasteiger partial charge in [-0.2, -0.15) is 11.8 Å². The van der Waals surface area contributed by atoms with E-state index in [0.29, 0.717) is 6.54 Å². The number of nitrogens with one attached hydrogen (secondary N) is 1. The first-order chi connectivity index (χ1) is 8.35. The first kappa shape index (κ1) is 15.5. The lowest BCUT2D eigenvalue weighted by Crippen LogP contribution is -2.41. The lowest BCUT2D eigenvalue weighted by molar-refractivity contribution is 0.0820. The predicted octanol–water partition coefficient (Wildman–Crippen LogP) is 3.07. The van der Waals surface area contributed by atoms with Gasteiger partial charge in [0.15, 0.2) is 0 Å². The molecule has 0 aliphatic rings. The summed E-state index contributed by atoms with van der Waals surface area (Å²) in [5, 5.41) is 13.6. The molecular formula is C15H25NOS. The molecule has 1 aromatic carbocycles. The monoisotopic (exact) mass is 267 g/mol. The Morgan fingerprint density at radius 2 is 2.06 bits per heavy atom.